The average Bonchev–Trinajstić information content (AvgIpc) is 3.06. The fourth-order valence-electron chi connectivity index (χ4n) is 3.52. The number of ketones is 1. The molecule has 1 saturated heterocycles. The van der Waals surface area contributed by atoms with Crippen molar-refractivity contribution >= 4 is 23.0 Å². The molecule has 27 heavy (non-hydrogen) atoms. The van der Waals surface area contributed by atoms with E-state index in [1.165, 1.54) is 17.4 Å². The maximum atomic E-state index is 13.8. The molecular weight excluding hydrogens is 372 g/mol. The molecule has 4 rings (SSSR count). The lowest BCUT2D eigenvalue weighted by Gasteiger charge is -2.34. The minimum atomic E-state index is -0.833. The molecule has 0 N–H and O–H groups in total. The van der Waals surface area contributed by atoms with Crippen LogP contribution >= 0.6 is 11.3 Å². The Morgan fingerprint density at radius 3 is 2.63 bits per heavy atom. The van der Waals surface area contributed by atoms with Crippen molar-refractivity contribution in [1.29, 1.82) is 0 Å². The summed E-state index contributed by atoms with van der Waals surface area (Å²) in [6, 6.07) is 3.02. The molecule has 1 aliphatic carbocycles. The first-order valence-corrected chi connectivity index (χ1v) is 9.81. The number of hydrogen-bond donors (Lipinski definition) is 0. The molecular formula is C19H19F2N3O2S. The molecule has 1 aromatic heterocycles. The fourth-order valence-corrected chi connectivity index (χ4v) is 4.64. The highest BCUT2D eigenvalue weighted by Crippen LogP contribution is 2.27. The van der Waals surface area contributed by atoms with Crippen molar-refractivity contribution in [1.82, 2.24) is 14.8 Å². The predicted octanol–water partition coefficient (Wildman–Crippen LogP) is 2.90. The van der Waals surface area contributed by atoms with Gasteiger partial charge in [0.05, 0.1) is 22.7 Å². The van der Waals surface area contributed by atoms with Gasteiger partial charge in [0, 0.05) is 38.7 Å². The van der Waals surface area contributed by atoms with Crippen LogP contribution in [0, 0.1) is 11.6 Å². The highest BCUT2D eigenvalue weighted by molar-refractivity contribution is 7.13. The summed E-state index contributed by atoms with van der Waals surface area (Å²) in [4.78, 5) is 33.6. The van der Waals surface area contributed by atoms with E-state index in [4.69, 9.17) is 0 Å². The molecule has 1 amide bonds. The number of carbonyl (C=O) groups excluding carboxylic acids is 2. The van der Waals surface area contributed by atoms with Gasteiger partial charge in [-0.3, -0.25) is 14.5 Å². The molecule has 0 unspecified atom stereocenters. The van der Waals surface area contributed by atoms with Crippen LogP contribution in [0.25, 0.3) is 0 Å². The minimum absolute atomic E-state index is 0.101. The van der Waals surface area contributed by atoms with E-state index in [0.717, 1.165) is 40.6 Å². The van der Waals surface area contributed by atoms with Crippen LogP contribution in [0.15, 0.2) is 18.2 Å². The number of aryl methyl sites for hydroxylation is 1. The lowest BCUT2D eigenvalue weighted by atomic mass is 10.0. The van der Waals surface area contributed by atoms with E-state index < -0.39 is 17.5 Å². The van der Waals surface area contributed by atoms with Crippen LogP contribution in [0.4, 0.5) is 8.78 Å². The molecule has 1 aliphatic heterocycles. The van der Waals surface area contributed by atoms with Crippen LogP contribution < -0.4 is 0 Å². The maximum Gasteiger partial charge on any atom is 0.256 e. The first-order valence-electron chi connectivity index (χ1n) is 9.00. The van der Waals surface area contributed by atoms with E-state index in [9.17, 15) is 18.4 Å². The number of nitrogens with zero attached hydrogens (tertiary/aromatic N) is 3. The molecule has 0 spiro atoms. The number of benzene rings is 1. The fraction of sp³-hybridized carbons (Fsp3) is 0.421. The van der Waals surface area contributed by atoms with E-state index in [-0.39, 0.29) is 11.3 Å². The van der Waals surface area contributed by atoms with Crippen LogP contribution in [0.3, 0.4) is 0 Å². The SMILES string of the molecule is O=C1CCCc2nc(CN3CCN(C(=O)c4ccc(F)cc4F)CC3)sc21. The average molecular weight is 391 g/mol. The lowest BCUT2D eigenvalue weighted by molar-refractivity contribution is 0.0623. The van der Waals surface area contributed by atoms with Gasteiger partial charge in [0.1, 0.15) is 16.6 Å². The number of halogens is 2. The van der Waals surface area contributed by atoms with Gasteiger partial charge in [0.15, 0.2) is 5.78 Å². The van der Waals surface area contributed by atoms with Gasteiger partial charge in [-0.05, 0) is 25.0 Å². The first-order chi connectivity index (χ1) is 13.0. The Labute approximate surface area is 159 Å². The number of piperazine rings is 1. The standard InChI is InChI=1S/C19H19F2N3O2S/c20-12-4-5-13(14(21)10-12)19(26)24-8-6-23(7-9-24)11-17-22-15-2-1-3-16(25)18(15)27-17/h4-5,10H,1-3,6-9,11H2. The smallest absolute Gasteiger partial charge is 0.256 e. The van der Waals surface area contributed by atoms with E-state index in [1.54, 1.807) is 4.90 Å². The van der Waals surface area contributed by atoms with Crippen molar-refractivity contribution in [3.8, 4) is 0 Å². The Morgan fingerprint density at radius 1 is 1.15 bits per heavy atom. The van der Waals surface area contributed by atoms with Gasteiger partial charge in [0.25, 0.3) is 5.91 Å². The zero-order valence-electron chi connectivity index (χ0n) is 14.7. The zero-order chi connectivity index (χ0) is 19.0. The number of rotatable bonds is 3. The number of amides is 1. The second kappa shape index (κ2) is 7.44. The van der Waals surface area contributed by atoms with Crippen LogP contribution in [0.1, 0.15) is 43.6 Å². The molecule has 0 radical (unpaired) electrons. The van der Waals surface area contributed by atoms with Gasteiger partial charge >= 0.3 is 0 Å². The Bertz CT molecular complexity index is 891. The summed E-state index contributed by atoms with van der Waals surface area (Å²) < 4.78 is 26.9. The summed E-state index contributed by atoms with van der Waals surface area (Å²) in [5.41, 5.74) is 0.822. The van der Waals surface area contributed by atoms with Gasteiger partial charge in [-0.1, -0.05) is 0 Å². The van der Waals surface area contributed by atoms with Crippen molar-refractivity contribution in [3.63, 3.8) is 0 Å². The lowest BCUT2D eigenvalue weighted by Crippen LogP contribution is -2.48. The number of fused-ring (bicyclic) bond motifs is 1. The molecule has 2 heterocycles. The molecule has 2 aromatic rings. The van der Waals surface area contributed by atoms with Crippen LogP contribution in [0.5, 0.6) is 0 Å². The molecule has 0 bridgehead atoms. The molecule has 0 atom stereocenters. The van der Waals surface area contributed by atoms with Crippen molar-refractivity contribution < 1.29 is 18.4 Å². The van der Waals surface area contributed by atoms with E-state index >= 15 is 0 Å². The number of hydrogen-bond acceptors (Lipinski definition) is 5. The Hall–Kier alpha value is -2.19. The van der Waals surface area contributed by atoms with Crippen molar-refractivity contribution in [2.45, 2.75) is 25.8 Å². The molecule has 2 aliphatic rings. The van der Waals surface area contributed by atoms with Gasteiger partial charge in [-0.2, -0.15) is 0 Å². The number of aromatic nitrogens is 1. The third-order valence-corrected chi connectivity index (χ3v) is 6.12. The second-order valence-corrected chi connectivity index (χ2v) is 7.94. The summed E-state index contributed by atoms with van der Waals surface area (Å²) >= 11 is 1.48. The molecule has 0 saturated carbocycles. The van der Waals surface area contributed by atoms with Crippen LogP contribution in [0.2, 0.25) is 0 Å². The first kappa shape index (κ1) is 18.2. The topological polar surface area (TPSA) is 53.5 Å². The summed E-state index contributed by atoms with van der Waals surface area (Å²) in [7, 11) is 0. The molecule has 5 nitrogen and oxygen atoms in total. The summed E-state index contributed by atoms with van der Waals surface area (Å²) in [6.45, 7) is 2.89. The largest absolute Gasteiger partial charge is 0.336 e. The van der Waals surface area contributed by atoms with E-state index in [2.05, 4.69) is 9.88 Å². The number of thiazole rings is 1. The van der Waals surface area contributed by atoms with Crippen LogP contribution in [-0.2, 0) is 13.0 Å². The minimum Gasteiger partial charge on any atom is -0.336 e. The van der Waals surface area contributed by atoms with Crippen molar-refractivity contribution in [3.05, 3.63) is 51.0 Å². The van der Waals surface area contributed by atoms with Crippen molar-refractivity contribution in [2.75, 3.05) is 26.2 Å². The van der Waals surface area contributed by atoms with Crippen LogP contribution in [-0.4, -0.2) is 52.7 Å². The zero-order valence-corrected chi connectivity index (χ0v) is 15.5. The van der Waals surface area contributed by atoms with Crippen molar-refractivity contribution in [2.24, 2.45) is 0 Å². The monoisotopic (exact) mass is 391 g/mol. The summed E-state index contributed by atoms with van der Waals surface area (Å²) in [6.07, 6.45) is 2.34. The second-order valence-electron chi connectivity index (χ2n) is 6.85. The normalized spacial score (nSPS) is 17.9. The number of Topliss-reactive ketones (excluding diaryl/α,β-unsaturated/α-hetero) is 1. The Morgan fingerprint density at radius 2 is 1.93 bits per heavy atom. The Kier molecular flexibility index (Phi) is 5.01. The molecule has 1 aromatic carbocycles. The third kappa shape index (κ3) is 3.77. The summed E-state index contributed by atoms with van der Waals surface area (Å²) in [5, 5.41) is 0.930. The highest BCUT2D eigenvalue weighted by atomic mass is 32.1. The highest BCUT2D eigenvalue weighted by Gasteiger charge is 2.26. The van der Waals surface area contributed by atoms with E-state index in [0.29, 0.717) is 39.1 Å². The molecule has 142 valence electrons. The third-order valence-electron chi connectivity index (χ3n) is 4.99. The van der Waals surface area contributed by atoms with Gasteiger partial charge in [-0.25, -0.2) is 13.8 Å². The quantitative estimate of drug-likeness (QED) is 0.807. The predicted molar refractivity (Wildman–Crippen MR) is 96.9 cm³/mol. The van der Waals surface area contributed by atoms with E-state index in [1.807, 2.05) is 0 Å². The van der Waals surface area contributed by atoms with Gasteiger partial charge in [-0.15, -0.1) is 11.3 Å². The Balaban J connectivity index is 1.36. The maximum absolute atomic E-state index is 13.8. The summed E-state index contributed by atoms with van der Waals surface area (Å²) in [5.74, 6) is -1.75. The molecule has 8 heteroatoms. The van der Waals surface area contributed by atoms with Gasteiger partial charge < -0.3 is 4.90 Å². The van der Waals surface area contributed by atoms with Gasteiger partial charge in [0.2, 0.25) is 0 Å². The molecule has 1 fully saturated rings. The number of carbonyl (C=O) groups is 2.